The van der Waals surface area contributed by atoms with Gasteiger partial charge >= 0.3 is 5.97 Å². The molecule has 0 radical (unpaired) electrons. The minimum atomic E-state index is -0.768. The molecular formula is C14H20BrNO2. The monoisotopic (exact) mass is 313 g/mol. The van der Waals surface area contributed by atoms with Crippen LogP contribution in [0.15, 0.2) is 22.7 Å². The molecule has 1 rings (SSSR count). The van der Waals surface area contributed by atoms with E-state index in [1.54, 1.807) is 13.8 Å². The summed E-state index contributed by atoms with van der Waals surface area (Å²) in [4.78, 5) is 13.2. The first-order valence-electron chi connectivity index (χ1n) is 5.88. The highest BCUT2D eigenvalue weighted by Crippen LogP contribution is 2.26. The third kappa shape index (κ3) is 4.10. The molecule has 0 aromatic heterocycles. The topological polar surface area (TPSA) is 40.5 Å². The molecular weight excluding hydrogens is 294 g/mol. The third-order valence-corrected chi connectivity index (χ3v) is 3.57. The van der Waals surface area contributed by atoms with Crippen molar-refractivity contribution < 1.29 is 9.90 Å². The van der Waals surface area contributed by atoms with Gasteiger partial charge in [-0.25, -0.2) is 0 Å². The molecule has 18 heavy (non-hydrogen) atoms. The molecule has 100 valence electrons. The number of carbonyl (C=O) groups is 1. The number of benzene rings is 1. The number of carboxylic acids is 1. The van der Waals surface area contributed by atoms with Crippen molar-refractivity contribution in [2.24, 2.45) is 5.41 Å². The molecule has 0 saturated heterocycles. The Bertz CT molecular complexity index is 441. The molecule has 0 spiro atoms. The standard InChI is InChI=1S/C14H20BrNO2/c1-14(2,13(17)18)8-10-5-6-11(9-16(3)4)12(15)7-10/h5-7H,8-9H2,1-4H3,(H,17,18). The molecule has 0 amide bonds. The number of rotatable bonds is 5. The first kappa shape index (κ1) is 15.2. The van der Waals surface area contributed by atoms with Crippen molar-refractivity contribution in [2.75, 3.05) is 14.1 Å². The Kier molecular flexibility index (Phi) is 4.93. The van der Waals surface area contributed by atoms with Gasteiger partial charge in [0.05, 0.1) is 5.41 Å². The lowest BCUT2D eigenvalue weighted by Gasteiger charge is -2.20. The molecule has 0 unspecified atom stereocenters. The van der Waals surface area contributed by atoms with E-state index < -0.39 is 11.4 Å². The van der Waals surface area contributed by atoms with Gasteiger partial charge < -0.3 is 10.0 Å². The lowest BCUT2D eigenvalue weighted by atomic mass is 9.86. The summed E-state index contributed by atoms with van der Waals surface area (Å²) in [6.07, 6.45) is 0.531. The van der Waals surface area contributed by atoms with Gasteiger partial charge in [-0.2, -0.15) is 0 Å². The molecule has 3 nitrogen and oxygen atoms in total. The van der Waals surface area contributed by atoms with Crippen LogP contribution in [0.2, 0.25) is 0 Å². The van der Waals surface area contributed by atoms with Gasteiger partial charge in [0.1, 0.15) is 0 Å². The van der Waals surface area contributed by atoms with Crippen LogP contribution in [0.5, 0.6) is 0 Å². The van der Waals surface area contributed by atoms with Crippen molar-refractivity contribution in [1.82, 2.24) is 4.90 Å². The van der Waals surface area contributed by atoms with Gasteiger partial charge in [0, 0.05) is 11.0 Å². The Labute approximate surface area is 117 Å². The van der Waals surface area contributed by atoms with Crippen LogP contribution in [-0.4, -0.2) is 30.1 Å². The number of nitrogens with zero attached hydrogens (tertiary/aromatic N) is 1. The average Bonchev–Trinajstić information content (AvgIpc) is 2.21. The van der Waals surface area contributed by atoms with Gasteiger partial charge in [0.15, 0.2) is 0 Å². The quantitative estimate of drug-likeness (QED) is 0.907. The number of halogens is 1. The number of hydrogen-bond donors (Lipinski definition) is 1. The molecule has 1 aromatic carbocycles. The summed E-state index contributed by atoms with van der Waals surface area (Å²) in [5.41, 5.74) is 1.51. The second-order valence-corrected chi connectivity index (χ2v) is 6.38. The highest BCUT2D eigenvalue weighted by atomic mass is 79.9. The molecule has 0 aliphatic rings. The van der Waals surface area contributed by atoms with Crippen LogP contribution < -0.4 is 0 Å². The Morgan fingerprint density at radius 1 is 1.39 bits per heavy atom. The second kappa shape index (κ2) is 5.85. The Morgan fingerprint density at radius 2 is 2.00 bits per heavy atom. The second-order valence-electron chi connectivity index (χ2n) is 5.53. The van der Waals surface area contributed by atoms with E-state index in [9.17, 15) is 4.79 Å². The van der Waals surface area contributed by atoms with E-state index in [1.165, 1.54) is 5.56 Å². The predicted octanol–water partition coefficient (Wildman–Crippen LogP) is 3.16. The summed E-state index contributed by atoms with van der Waals surface area (Å²) < 4.78 is 1.04. The normalized spacial score (nSPS) is 11.9. The highest BCUT2D eigenvalue weighted by molar-refractivity contribution is 9.10. The maximum Gasteiger partial charge on any atom is 0.309 e. The van der Waals surface area contributed by atoms with Gasteiger partial charge in [0.25, 0.3) is 0 Å². The van der Waals surface area contributed by atoms with Crippen molar-refractivity contribution in [2.45, 2.75) is 26.8 Å². The van der Waals surface area contributed by atoms with Crippen LogP contribution in [0.4, 0.5) is 0 Å². The molecule has 1 N–H and O–H groups in total. The Hall–Kier alpha value is -0.870. The molecule has 4 heteroatoms. The Balaban J connectivity index is 2.88. The van der Waals surface area contributed by atoms with E-state index in [0.29, 0.717) is 6.42 Å². The van der Waals surface area contributed by atoms with Crippen LogP contribution in [0, 0.1) is 5.41 Å². The van der Waals surface area contributed by atoms with E-state index in [-0.39, 0.29) is 0 Å². The van der Waals surface area contributed by atoms with Crippen LogP contribution in [0.3, 0.4) is 0 Å². The first-order chi connectivity index (χ1) is 8.22. The van der Waals surface area contributed by atoms with Crippen LogP contribution in [0.25, 0.3) is 0 Å². The minimum absolute atomic E-state index is 0.531. The van der Waals surface area contributed by atoms with Crippen molar-refractivity contribution >= 4 is 21.9 Å². The zero-order valence-corrected chi connectivity index (χ0v) is 12.9. The summed E-state index contributed by atoms with van der Waals surface area (Å²) in [7, 11) is 4.04. The lowest BCUT2D eigenvalue weighted by molar-refractivity contribution is -0.146. The maximum atomic E-state index is 11.1. The van der Waals surface area contributed by atoms with Crippen molar-refractivity contribution in [1.29, 1.82) is 0 Å². The number of carboxylic acid groups (broad SMARTS) is 1. The smallest absolute Gasteiger partial charge is 0.309 e. The summed E-state index contributed by atoms with van der Waals surface area (Å²) in [6, 6.07) is 6.08. The highest BCUT2D eigenvalue weighted by Gasteiger charge is 2.27. The van der Waals surface area contributed by atoms with E-state index in [0.717, 1.165) is 16.6 Å². The fourth-order valence-electron chi connectivity index (χ4n) is 1.76. The van der Waals surface area contributed by atoms with Gasteiger partial charge in [-0.1, -0.05) is 28.1 Å². The van der Waals surface area contributed by atoms with Crippen molar-refractivity contribution in [3.8, 4) is 0 Å². The van der Waals surface area contributed by atoms with Crippen molar-refractivity contribution in [3.05, 3.63) is 33.8 Å². The van der Waals surface area contributed by atoms with Gasteiger partial charge in [-0.3, -0.25) is 4.79 Å². The first-order valence-corrected chi connectivity index (χ1v) is 6.67. The summed E-state index contributed by atoms with van der Waals surface area (Å²) >= 11 is 3.55. The molecule has 0 bridgehead atoms. The summed E-state index contributed by atoms with van der Waals surface area (Å²) in [6.45, 7) is 4.36. The zero-order valence-electron chi connectivity index (χ0n) is 11.3. The predicted molar refractivity (Wildman–Crippen MR) is 76.7 cm³/mol. The molecule has 0 aliphatic carbocycles. The fraction of sp³-hybridized carbons (Fsp3) is 0.500. The van der Waals surface area contributed by atoms with Crippen LogP contribution >= 0.6 is 15.9 Å². The van der Waals surface area contributed by atoms with Crippen molar-refractivity contribution in [3.63, 3.8) is 0 Å². The Morgan fingerprint density at radius 3 is 2.44 bits per heavy atom. The molecule has 0 atom stereocenters. The van der Waals surface area contributed by atoms with Crippen LogP contribution in [-0.2, 0) is 17.8 Å². The number of aliphatic carboxylic acids is 1. The van der Waals surface area contributed by atoms with Crippen LogP contribution in [0.1, 0.15) is 25.0 Å². The minimum Gasteiger partial charge on any atom is -0.481 e. The third-order valence-electron chi connectivity index (χ3n) is 2.83. The van der Waals surface area contributed by atoms with E-state index in [2.05, 4.69) is 26.9 Å². The maximum absolute atomic E-state index is 11.1. The summed E-state index contributed by atoms with van der Waals surface area (Å²) in [5.74, 6) is -0.768. The molecule has 0 saturated carbocycles. The fourth-order valence-corrected chi connectivity index (χ4v) is 2.31. The molecule has 0 fully saturated rings. The van der Waals surface area contributed by atoms with E-state index in [4.69, 9.17) is 5.11 Å². The lowest BCUT2D eigenvalue weighted by Crippen LogP contribution is -2.26. The van der Waals surface area contributed by atoms with Gasteiger partial charge in [-0.15, -0.1) is 0 Å². The zero-order chi connectivity index (χ0) is 13.9. The largest absolute Gasteiger partial charge is 0.481 e. The van der Waals surface area contributed by atoms with E-state index in [1.807, 2.05) is 26.2 Å². The number of hydrogen-bond acceptors (Lipinski definition) is 2. The van der Waals surface area contributed by atoms with Gasteiger partial charge in [-0.05, 0) is 51.6 Å². The average molecular weight is 314 g/mol. The molecule has 1 aromatic rings. The SMILES string of the molecule is CN(C)Cc1ccc(CC(C)(C)C(=O)O)cc1Br. The molecule has 0 heterocycles. The van der Waals surface area contributed by atoms with Gasteiger partial charge in [0.2, 0.25) is 0 Å². The molecule has 0 aliphatic heterocycles. The summed E-state index contributed by atoms with van der Waals surface area (Å²) in [5, 5.41) is 9.13. The van der Waals surface area contributed by atoms with E-state index >= 15 is 0 Å².